The van der Waals surface area contributed by atoms with Gasteiger partial charge in [-0.2, -0.15) is 0 Å². The van der Waals surface area contributed by atoms with Crippen LogP contribution in [-0.2, 0) is 12.8 Å². The smallest absolute Gasteiger partial charge is 0.163 e. The Morgan fingerprint density at radius 3 is 1.84 bits per heavy atom. The molecule has 0 amide bonds. The maximum atomic E-state index is 14.1. The maximum absolute atomic E-state index is 14.1. The Labute approximate surface area is 199 Å². The highest BCUT2D eigenvalue weighted by atomic mass is 35.5. The fourth-order valence-corrected chi connectivity index (χ4v) is 3.29. The summed E-state index contributed by atoms with van der Waals surface area (Å²) in [7, 11) is 3.08. The molecule has 0 aliphatic carbocycles. The molecule has 0 aromatic heterocycles. The summed E-state index contributed by atoms with van der Waals surface area (Å²) in [5.41, 5.74) is 2.04. The minimum atomic E-state index is -0.246. The van der Waals surface area contributed by atoms with Crippen molar-refractivity contribution in [2.75, 3.05) is 40.4 Å². The first-order chi connectivity index (χ1) is 14.2. The number of unbranched alkanes of at least 4 members (excludes halogenated alkanes) is 3. The van der Waals surface area contributed by atoms with Crippen LogP contribution in [0, 0.1) is 5.82 Å². The first-order valence-electron chi connectivity index (χ1n) is 10.6. The summed E-state index contributed by atoms with van der Waals surface area (Å²) in [6.45, 7) is 3.85. The van der Waals surface area contributed by atoms with Gasteiger partial charge in [0.2, 0.25) is 0 Å². The molecule has 0 bridgehead atoms. The topological polar surface area (TPSA) is 42.5 Å². The summed E-state index contributed by atoms with van der Waals surface area (Å²) in [5.74, 6) is 0.752. The summed E-state index contributed by atoms with van der Waals surface area (Å²) in [5, 5.41) is 6.92. The van der Waals surface area contributed by atoms with Crippen molar-refractivity contribution >= 4 is 24.8 Å². The van der Waals surface area contributed by atoms with E-state index in [-0.39, 0.29) is 30.6 Å². The van der Waals surface area contributed by atoms with Gasteiger partial charge in [0.05, 0.1) is 14.2 Å². The summed E-state index contributed by atoms with van der Waals surface area (Å²) in [4.78, 5) is 0. The molecule has 0 fully saturated rings. The lowest BCUT2D eigenvalue weighted by atomic mass is 10.1. The molecule has 0 aliphatic rings. The number of halogens is 3. The van der Waals surface area contributed by atoms with Gasteiger partial charge in [-0.3, -0.25) is 0 Å². The number of benzene rings is 2. The van der Waals surface area contributed by atoms with Gasteiger partial charge in [-0.15, -0.1) is 24.8 Å². The molecule has 0 unspecified atom stereocenters. The minimum Gasteiger partial charge on any atom is -0.493 e. The van der Waals surface area contributed by atoms with Gasteiger partial charge >= 0.3 is 0 Å². The molecule has 31 heavy (non-hydrogen) atoms. The Morgan fingerprint density at radius 1 is 0.710 bits per heavy atom. The van der Waals surface area contributed by atoms with Crippen molar-refractivity contribution in [1.29, 1.82) is 0 Å². The lowest BCUT2D eigenvalue weighted by molar-refractivity contribution is 0.351. The van der Waals surface area contributed by atoms with Gasteiger partial charge in [0.1, 0.15) is 5.82 Å². The van der Waals surface area contributed by atoms with Gasteiger partial charge < -0.3 is 20.1 Å². The lowest BCUT2D eigenvalue weighted by Crippen LogP contribution is -2.19. The van der Waals surface area contributed by atoms with Crippen LogP contribution in [0.2, 0.25) is 0 Å². The van der Waals surface area contributed by atoms with Crippen molar-refractivity contribution in [2.45, 2.75) is 38.5 Å². The van der Waals surface area contributed by atoms with Gasteiger partial charge in [-0.1, -0.05) is 43.2 Å². The highest BCUT2D eigenvalue weighted by molar-refractivity contribution is 5.85. The third kappa shape index (κ3) is 11.6. The van der Waals surface area contributed by atoms with Gasteiger partial charge in [0, 0.05) is 6.07 Å². The number of ether oxygens (including phenoxy) is 2. The average Bonchev–Trinajstić information content (AvgIpc) is 2.75. The average molecular weight is 475 g/mol. The molecule has 0 heterocycles. The SMILES string of the molecule is COc1cc(F)c(CCNCCCCCCNCCc2ccccc2)cc1OC.Cl.Cl. The van der Waals surface area contributed by atoms with Crippen molar-refractivity contribution in [3.8, 4) is 11.5 Å². The number of methoxy groups -OCH3 is 2. The zero-order chi connectivity index (χ0) is 20.7. The van der Waals surface area contributed by atoms with Crippen LogP contribution in [0.5, 0.6) is 11.5 Å². The van der Waals surface area contributed by atoms with E-state index in [1.807, 2.05) is 0 Å². The van der Waals surface area contributed by atoms with Crippen LogP contribution in [0.4, 0.5) is 4.39 Å². The predicted octanol–water partition coefficient (Wildman–Crippen LogP) is 5.21. The number of hydrogen-bond donors (Lipinski definition) is 2. The van der Waals surface area contributed by atoms with Crippen molar-refractivity contribution < 1.29 is 13.9 Å². The number of rotatable bonds is 15. The Kier molecular flexibility index (Phi) is 17.2. The second-order valence-corrected chi connectivity index (χ2v) is 7.20. The molecule has 7 heteroatoms. The van der Waals surface area contributed by atoms with E-state index in [2.05, 4.69) is 41.0 Å². The molecule has 2 aromatic carbocycles. The van der Waals surface area contributed by atoms with E-state index in [1.165, 1.54) is 38.0 Å². The molecule has 4 nitrogen and oxygen atoms in total. The fourth-order valence-electron chi connectivity index (χ4n) is 3.29. The van der Waals surface area contributed by atoms with Crippen molar-refractivity contribution in [3.63, 3.8) is 0 Å². The monoisotopic (exact) mass is 474 g/mol. The van der Waals surface area contributed by atoms with Gasteiger partial charge in [-0.25, -0.2) is 4.39 Å². The standard InChI is InChI=1S/C24H35FN2O2.2ClH/c1-28-23-18-21(22(25)19-24(23)29-2)13-17-27-15-9-4-3-8-14-26-16-12-20-10-6-5-7-11-20;;/h5-7,10-11,18-19,26-27H,3-4,8-9,12-17H2,1-2H3;2*1H. The van der Waals surface area contributed by atoms with E-state index < -0.39 is 0 Å². The normalized spacial score (nSPS) is 10.2. The van der Waals surface area contributed by atoms with E-state index in [4.69, 9.17) is 9.47 Å². The molecule has 0 aliphatic heterocycles. The second kappa shape index (κ2) is 18.1. The summed E-state index contributed by atoms with van der Waals surface area (Å²) >= 11 is 0. The zero-order valence-corrected chi connectivity index (χ0v) is 20.3. The molecule has 2 rings (SSSR count). The van der Waals surface area contributed by atoms with Crippen LogP contribution in [-0.4, -0.2) is 40.4 Å². The molecule has 0 saturated heterocycles. The van der Waals surface area contributed by atoms with Crippen molar-refractivity contribution in [3.05, 3.63) is 59.4 Å². The highest BCUT2D eigenvalue weighted by Gasteiger charge is 2.10. The first kappa shape index (κ1) is 29.5. The molecule has 0 saturated carbocycles. The third-order valence-electron chi connectivity index (χ3n) is 5.01. The van der Waals surface area contributed by atoms with Crippen molar-refractivity contribution in [1.82, 2.24) is 10.6 Å². The van der Waals surface area contributed by atoms with E-state index >= 15 is 0 Å². The second-order valence-electron chi connectivity index (χ2n) is 7.20. The highest BCUT2D eigenvalue weighted by Crippen LogP contribution is 2.29. The van der Waals surface area contributed by atoms with Gasteiger partial charge in [-0.05, 0) is 69.1 Å². The molecule has 2 N–H and O–H groups in total. The largest absolute Gasteiger partial charge is 0.493 e. The van der Waals surface area contributed by atoms with Gasteiger partial charge in [0.25, 0.3) is 0 Å². The minimum absolute atomic E-state index is 0. The molecule has 0 spiro atoms. The fraction of sp³-hybridized carbons (Fsp3) is 0.500. The molecule has 176 valence electrons. The van der Waals surface area contributed by atoms with E-state index in [0.717, 1.165) is 39.0 Å². The van der Waals surface area contributed by atoms with Crippen LogP contribution in [0.3, 0.4) is 0 Å². The molecular weight excluding hydrogens is 438 g/mol. The van der Waals surface area contributed by atoms with E-state index in [9.17, 15) is 4.39 Å². The van der Waals surface area contributed by atoms with E-state index in [1.54, 1.807) is 13.2 Å². The summed E-state index contributed by atoms with van der Waals surface area (Å²) in [6, 6.07) is 13.7. The van der Waals surface area contributed by atoms with E-state index in [0.29, 0.717) is 23.5 Å². The van der Waals surface area contributed by atoms with Crippen molar-refractivity contribution in [2.24, 2.45) is 0 Å². The lowest BCUT2D eigenvalue weighted by Gasteiger charge is -2.11. The van der Waals surface area contributed by atoms with Crippen LogP contribution in [0.1, 0.15) is 36.8 Å². The summed E-state index contributed by atoms with van der Waals surface area (Å²) < 4.78 is 24.4. The maximum Gasteiger partial charge on any atom is 0.163 e. The van der Waals surface area contributed by atoms with Gasteiger partial charge in [0.15, 0.2) is 11.5 Å². The number of nitrogens with one attached hydrogen (secondary N) is 2. The van der Waals surface area contributed by atoms with Crippen LogP contribution in [0.15, 0.2) is 42.5 Å². The zero-order valence-electron chi connectivity index (χ0n) is 18.6. The Balaban J connectivity index is 0.00000450. The molecule has 0 atom stereocenters. The Hall–Kier alpha value is -1.53. The van der Waals surface area contributed by atoms with Crippen LogP contribution < -0.4 is 20.1 Å². The first-order valence-corrected chi connectivity index (χ1v) is 10.6. The Bertz CT molecular complexity index is 705. The Morgan fingerprint density at radius 2 is 1.26 bits per heavy atom. The molecule has 0 radical (unpaired) electrons. The summed E-state index contributed by atoms with van der Waals surface area (Å²) in [6.07, 6.45) is 6.55. The molecular formula is C24H37Cl2FN2O2. The van der Waals surface area contributed by atoms with Crippen LogP contribution in [0.25, 0.3) is 0 Å². The third-order valence-corrected chi connectivity index (χ3v) is 5.01. The number of hydrogen-bond acceptors (Lipinski definition) is 4. The van der Waals surface area contributed by atoms with Crippen LogP contribution >= 0.6 is 24.8 Å². The quantitative estimate of drug-likeness (QED) is 0.347. The predicted molar refractivity (Wildman–Crippen MR) is 132 cm³/mol. The molecule has 2 aromatic rings.